The van der Waals surface area contributed by atoms with E-state index in [9.17, 15) is 8.42 Å². The molecular weight excluding hydrogens is 292 g/mol. The fraction of sp³-hybridized carbons (Fsp3) is 0.286. The molecule has 1 heterocycles. The molecule has 0 amide bonds. The van der Waals surface area contributed by atoms with Crippen LogP contribution in [0.5, 0.6) is 0 Å². The minimum absolute atomic E-state index is 0.333. The number of aromatic nitrogens is 2. The smallest absolute Gasteiger partial charge is 0.176 e. The predicted molar refractivity (Wildman–Crippen MR) is 79.8 cm³/mol. The second-order valence-corrected chi connectivity index (χ2v) is 7.47. The van der Waals surface area contributed by atoms with E-state index in [1.54, 1.807) is 18.2 Å². The van der Waals surface area contributed by atoms with E-state index in [0.29, 0.717) is 15.6 Å². The van der Waals surface area contributed by atoms with Crippen molar-refractivity contribution in [2.24, 2.45) is 0 Å². The molecule has 2 aromatic rings. The minimum atomic E-state index is -3.24. The molecule has 4 nitrogen and oxygen atoms in total. The van der Waals surface area contributed by atoms with Crippen LogP contribution < -0.4 is 0 Å². The lowest BCUT2D eigenvalue weighted by molar-refractivity contribution is 0.600. The molecule has 0 atom stereocenters. The molecule has 1 aromatic heterocycles. The summed E-state index contributed by atoms with van der Waals surface area (Å²) in [7, 11) is -3.24. The van der Waals surface area contributed by atoms with Crippen molar-refractivity contribution < 1.29 is 8.42 Å². The third kappa shape index (κ3) is 3.58. The summed E-state index contributed by atoms with van der Waals surface area (Å²) in [5, 5.41) is 0.769. The van der Waals surface area contributed by atoms with Crippen molar-refractivity contribution in [3.63, 3.8) is 0 Å². The Kier molecular flexibility index (Phi) is 4.45. The molecule has 0 aliphatic carbocycles. The van der Waals surface area contributed by atoms with E-state index in [-0.39, 0.29) is 0 Å². The van der Waals surface area contributed by atoms with Crippen molar-refractivity contribution >= 4 is 21.6 Å². The number of sulfone groups is 1. The summed E-state index contributed by atoms with van der Waals surface area (Å²) >= 11 is 1.35. The molecule has 0 aliphatic rings. The SMILES string of the molecule is CCc1cc(Sc2ccccc2S(C)(=O)=O)nc(C)n1. The average molecular weight is 308 g/mol. The molecule has 6 heteroatoms. The van der Waals surface area contributed by atoms with Crippen molar-refractivity contribution in [2.45, 2.75) is 35.1 Å². The van der Waals surface area contributed by atoms with Crippen molar-refractivity contribution in [1.82, 2.24) is 9.97 Å². The van der Waals surface area contributed by atoms with Crippen molar-refractivity contribution in [2.75, 3.05) is 6.26 Å². The van der Waals surface area contributed by atoms with Crippen LogP contribution in [0.25, 0.3) is 0 Å². The molecule has 0 unspecified atom stereocenters. The molecule has 1 aromatic carbocycles. The lowest BCUT2D eigenvalue weighted by Crippen LogP contribution is -2.00. The largest absolute Gasteiger partial charge is 0.238 e. The van der Waals surface area contributed by atoms with Gasteiger partial charge in [0.1, 0.15) is 10.9 Å². The van der Waals surface area contributed by atoms with Gasteiger partial charge in [0.05, 0.1) is 4.90 Å². The van der Waals surface area contributed by atoms with Gasteiger partial charge in [-0.1, -0.05) is 30.8 Å². The summed E-state index contributed by atoms with van der Waals surface area (Å²) in [6.07, 6.45) is 2.04. The molecule has 0 saturated carbocycles. The third-order valence-corrected chi connectivity index (χ3v) is 4.97. The molecule has 0 spiro atoms. The van der Waals surface area contributed by atoms with Crippen LogP contribution >= 0.6 is 11.8 Å². The van der Waals surface area contributed by atoms with Crippen LogP contribution in [0, 0.1) is 6.92 Å². The zero-order valence-corrected chi connectivity index (χ0v) is 13.3. The van der Waals surface area contributed by atoms with E-state index in [0.717, 1.165) is 17.1 Å². The van der Waals surface area contributed by atoms with Gasteiger partial charge in [-0.15, -0.1) is 0 Å². The highest BCUT2D eigenvalue weighted by Gasteiger charge is 2.14. The molecule has 0 saturated heterocycles. The van der Waals surface area contributed by atoms with Crippen molar-refractivity contribution in [3.8, 4) is 0 Å². The zero-order valence-electron chi connectivity index (χ0n) is 11.6. The lowest BCUT2D eigenvalue weighted by Gasteiger charge is -2.08. The predicted octanol–water partition coefficient (Wildman–Crippen LogP) is 2.90. The Morgan fingerprint density at radius 2 is 1.90 bits per heavy atom. The first-order chi connectivity index (χ1) is 9.40. The van der Waals surface area contributed by atoms with E-state index in [4.69, 9.17) is 0 Å². The number of hydrogen-bond donors (Lipinski definition) is 0. The van der Waals surface area contributed by atoms with E-state index in [2.05, 4.69) is 9.97 Å². The van der Waals surface area contributed by atoms with Gasteiger partial charge in [-0.25, -0.2) is 18.4 Å². The quantitative estimate of drug-likeness (QED) is 0.813. The zero-order chi connectivity index (χ0) is 14.8. The van der Waals surface area contributed by atoms with Gasteiger partial charge < -0.3 is 0 Å². The molecule has 106 valence electrons. The number of nitrogens with zero attached hydrogens (tertiary/aromatic N) is 2. The monoisotopic (exact) mass is 308 g/mol. The van der Waals surface area contributed by atoms with E-state index >= 15 is 0 Å². The highest BCUT2D eigenvalue weighted by molar-refractivity contribution is 8.00. The maximum Gasteiger partial charge on any atom is 0.176 e. The van der Waals surface area contributed by atoms with Gasteiger partial charge in [0.2, 0.25) is 0 Å². The van der Waals surface area contributed by atoms with Crippen molar-refractivity contribution in [3.05, 3.63) is 41.9 Å². The standard InChI is InChI=1S/C14H16N2O2S2/c1-4-11-9-14(16-10(2)15-11)19-12-7-5-6-8-13(12)20(3,17)18/h5-9H,4H2,1-3H3. The molecule has 0 radical (unpaired) electrons. The highest BCUT2D eigenvalue weighted by Crippen LogP contribution is 2.31. The van der Waals surface area contributed by atoms with Gasteiger partial charge in [0, 0.05) is 16.8 Å². The van der Waals surface area contributed by atoms with Crippen LogP contribution in [0.3, 0.4) is 0 Å². The normalized spacial score (nSPS) is 11.6. The Balaban J connectivity index is 2.43. The molecule has 20 heavy (non-hydrogen) atoms. The van der Waals surface area contributed by atoms with E-state index < -0.39 is 9.84 Å². The van der Waals surface area contributed by atoms with Gasteiger partial charge in [-0.3, -0.25) is 0 Å². The molecule has 0 fully saturated rings. The first kappa shape index (κ1) is 15.0. The van der Waals surface area contributed by atoms with Gasteiger partial charge in [0.15, 0.2) is 9.84 Å². The maximum absolute atomic E-state index is 11.8. The number of hydrogen-bond acceptors (Lipinski definition) is 5. The Morgan fingerprint density at radius 3 is 2.55 bits per heavy atom. The summed E-state index contributed by atoms with van der Waals surface area (Å²) in [6.45, 7) is 3.87. The molecule has 0 N–H and O–H groups in total. The van der Waals surface area contributed by atoms with Crippen LogP contribution in [0.1, 0.15) is 18.4 Å². The van der Waals surface area contributed by atoms with Gasteiger partial charge in [-0.2, -0.15) is 0 Å². The first-order valence-corrected chi connectivity index (χ1v) is 8.92. The summed E-state index contributed by atoms with van der Waals surface area (Å²) in [6, 6.07) is 8.86. The number of benzene rings is 1. The summed E-state index contributed by atoms with van der Waals surface area (Å²) in [5.74, 6) is 0.698. The summed E-state index contributed by atoms with van der Waals surface area (Å²) in [5.41, 5.74) is 0.955. The second kappa shape index (κ2) is 5.93. The average Bonchev–Trinajstić information content (AvgIpc) is 2.37. The third-order valence-electron chi connectivity index (χ3n) is 2.69. The van der Waals surface area contributed by atoms with Gasteiger partial charge in [0.25, 0.3) is 0 Å². The summed E-state index contributed by atoms with van der Waals surface area (Å²) < 4.78 is 23.6. The van der Waals surface area contributed by atoms with Crippen LogP contribution in [0.2, 0.25) is 0 Å². The van der Waals surface area contributed by atoms with Crippen LogP contribution in [0.15, 0.2) is 45.1 Å². The van der Waals surface area contributed by atoms with Crippen LogP contribution in [0.4, 0.5) is 0 Å². The fourth-order valence-corrected chi connectivity index (χ4v) is 4.04. The maximum atomic E-state index is 11.8. The molecule has 2 rings (SSSR count). The van der Waals surface area contributed by atoms with E-state index in [1.165, 1.54) is 18.0 Å². The van der Waals surface area contributed by atoms with E-state index in [1.807, 2.05) is 26.0 Å². The first-order valence-electron chi connectivity index (χ1n) is 6.21. The Hall–Kier alpha value is -1.40. The Labute approximate surface area is 123 Å². The van der Waals surface area contributed by atoms with Gasteiger partial charge in [-0.05, 0) is 31.5 Å². The molecule has 0 bridgehead atoms. The number of aryl methyl sites for hydroxylation is 2. The number of rotatable bonds is 4. The van der Waals surface area contributed by atoms with Crippen LogP contribution in [-0.4, -0.2) is 24.6 Å². The highest BCUT2D eigenvalue weighted by atomic mass is 32.2. The van der Waals surface area contributed by atoms with Crippen molar-refractivity contribution in [1.29, 1.82) is 0 Å². The topological polar surface area (TPSA) is 59.9 Å². The minimum Gasteiger partial charge on any atom is -0.238 e. The second-order valence-electron chi connectivity index (χ2n) is 4.42. The van der Waals surface area contributed by atoms with Crippen LogP contribution in [-0.2, 0) is 16.3 Å². The Bertz CT molecular complexity index is 728. The Morgan fingerprint density at radius 1 is 1.20 bits per heavy atom. The summed E-state index contributed by atoms with van der Waals surface area (Å²) in [4.78, 5) is 9.70. The molecular formula is C14H16N2O2S2. The fourth-order valence-electron chi connectivity index (χ4n) is 1.79. The molecule has 0 aliphatic heterocycles. The van der Waals surface area contributed by atoms with Gasteiger partial charge >= 0.3 is 0 Å². The lowest BCUT2D eigenvalue weighted by atomic mass is 10.3.